The van der Waals surface area contributed by atoms with Gasteiger partial charge in [0, 0.05) is 26.8 Å². The largest absolute Gasteiger partial charge is 0.392 e. The highest BCUT2D eigenvalue weighted by molar-refractivity contribution is 5.78. The molecule has 116 valence electrons. The molecule has 1 heterocycles. The molecule has 0 spiro atoms. The van der Waals surface area contributed by atoms with Gasteiger partial charge in [0.15, 0.2) is 0 Å². The standard InChI is InChI=1S/C16H25N3O2/c1-13(20)12-17-16-18-14-8-4-5-9-15(14)19(16)10-6-3-7-11-21-2/h4-5,8-9,13,20H,3,6-7,10-12H2,1-2H3,(H,17,18). The number of imidazole rings is 1. The van der Waals surface area contributed by atoms with E-state index in [9.17, 15) is 5.11 Å². The fourth-order valence-electron chi connectivity index (χ4n) is 2.37. The van der Waals surface area contributed by atoms with E-state index in [1.807, 2.05) is 18.2 Å². The molecule has 0 fully saturated rings. The fourth-order valence-corrected chi connectivity index (χ4v) is 2.37. The van der Waals surface area contributed by atoms with Gasteiger partial charge in [0.25, 0.3) is 0 Å². The van der Waals surface area contributed by atoms with Gasteiger partial charge in [-0.05, 0) is 38.3 Å². The number of para-hydroxylation sites is 2. The lowest BCUT2D eigenvalue weighted by Crippen LogP contribution is -2.18. The van der Waals surface area contributed by atoms with Crippen LogP contribution in [0.15, 0.2) is 24.3 Å². The summed E-state index contributed by atoms with van der Waals surface area (Å²) in [6, 6.07) is 8.13. The van der Waals surface area contributed by atoms with E-state index >= 15 is 0 Å². The van der Waals surface area contributed by atoms with Gasteiger partial charge in [0.2, 0.25) is 5.95 Å². The first-order valence-electron chi connectivity index (χ1n) is 7.58. The van der Waals surface area contributed by atoms with Crippen LogP contribution in [0.25, 0.3) is 11.0 Å². The highest BCUT2D eigenvalue weighted by Gasteiger charge is 2.10. The second-order valence-corrected chi connectivity index (χ2v) is 5.36. The van der Waals surface area contributed by atoms with E-state index in [2.05, 4.69) is 20.9 Å². The van der Waals surface area contributed by atoms with E-state index in [1.54, 1.807) is 14.0 Å². The van der Waals surface area contributed by atoms with Crippen LogP contribution in [0.3, 0.4) is 0 Å². The molecular formula is C16H25N3O2. The van der Waals surface area contributed by atoms with Crippen LogP contribution in [-0.2, 0) is 11.3 Å². The van der Waals surface area contributed by atoms with Crippen molar-refractivity contribution in [1.29, 1.82) is 0 Å². The van der Waals surface area contributed by atoms with Gasteiger partial charge in [-0.2, -0.15) is 0 Å². The number of unbranched alkanes of at least 4 members (excludes halogenated alkanes) is 2. The number of aryl methyl sites for hydroxylation is 1. The van der Waals surface area contributed by atoms with Crippen molar-refractivity contribution in [3.63, 3.8) is 0 Å². The zero-order valence-corrected chi connectivity index (χ0v) is 12.9. The van der Waals surface area contributed by atoms with Crippen molar-refractivity contribution < 1.29 is 9.84 Å². The second kappa shape index (κ2) is 8.00. The summed E-state index contributed by atoms with van der Waals surface area (Å²) >= 11 is 0. The number of benzene rings is 1. The summed E-state index contributed by atoms with van der Waals surface area (Å²) < 4.78 is 7.28. The number of hydrogen-bond acceptors (Lipinski definition) is 4. The molecule has 0 aliphatic heterocycles. The number of fused-ring (bicyclic) bond motifs is 1. The van der Waals surface area contributed by atoms with Crippen LogP contribution < -0.4 is 5.32 Å². The predicted octanol–water partition coefficient (Wildman–Crippen LogP) is 2.65. The minimum atomic E-state index is -0.389. The molecule has 1 unspecified atom stereocenters. The Morgan fingerprint density at radius 3 is 2.86 bits per heavy atom. The lowest BCUT2D eigenvalue weighted by Gasteiger charge is -2.12. The summed E-state index contributed by atoms with van der Waals surface area (Å²) in [7, 11) is 1.74. The van der Waals surface area contributed by atoms with Gasteiger partial charge in [-0.1, -0.05) is 12.1 Å². The number of methoxy groups -OCH3 is 1. The molecule has 5 heteroatoms. The molecule has 5 nitrogen and oxygen atoms in total. The van der Waals surface area contributed by atoms with Crippen LogP contribution >= 0.6 is 0 Å². The van der Waals surface area contributed by atoms with Gasteiger partial charge in [-0.3, -0.25) is 0 Å². The lowest BCUT2D eigenvalue weighted by atomic mass is 10.2. The molecule has 0 bridgehead atoms. The molecule has 0 aliphatic rings. The average molecular weight is 291 g/mol. The number of aromatic nitrogens is 2. The zero-order chi connectivity index (χ0) is 15.1. The number of nitrogens with one attached hydrogen (secondary N) is 1. The van der Waals surface area contributed by atoms with Crippen molar-refractivity contribution in [1.82, 2.24) is 9.55 Å². The Morgan fingerprint density at radius 2 is 2.10 bits per heavy atom. The highest BCUT2D eigenvalue weighted by Crippen LogP contribution is 2.20. The Balaban J connectivity index is 2.08. The predicted molar refractivity (Wildman–Crippen MR) is 85.6 cm³/mol. The van der Waals surface area contributed by atoms with Crippen molar-refractivity contribution in [2.45, 2.75) is 38.8 Å². The summed E-state index contributed by atoms with van der Waals surface area (Å²) in [6.45, 7) is 4.02. The van der Waals surface area contributed by atoms with Crippen LogP contribution in [-0.4, -0.2) is 41.0 Å². The summed E-state index contributed by atoms with van der Waals surface area (Å²) in [6.07, 6.45) is 2.92. The number of ether oxygens (including phenoxy) is 1. The molecule has 0 saturated heterocycles. The number of aliphatic hydroxyl groups excluding tert-OH is 1. The quantitative estimate of drug-likeness (QED) is 0.697. The molecule has 0 aliphatic carbocycles. The third-order valence-electron chi connectivity index (χ3n) is 3.44. The van der Waals surface area contributed by atoms with Crippen LogP contribution in [0.4, 0.5) is 5.95 Å². The Hall–Kier alpha value is -1.59. The Bertz CT molecular complexity index is 551. The summed E-state index contributed by atoms with van der Waals surface area (Å²) in [5, 5.41) is 12.7. The van der Waals surface area contributed by atoms with Gasteiger partial charge in [0.05, 0.1) is 17.1 Å². The first-order chi connectivity index (χ1) is 10.2. The SMILES string of the molecule is COCCCCCn1c(NCC(C)O)nc2ccccc21. The zero-order valence-electron chi connectivity index (χ0n) is 12.9. The van der Waals surface area contributed by atoms with Gasteiger partial charge in [-0.25, -0.2) is 4.98 Å². The lowest BCUT2D eigenvalue weighted by molar-refractivity contribution is 0.191. The summed E-state index contributed by atoms with van der Waals surface area (Å²) in [4.78, 5) is 4.62. The molecule has 0 amide bonds. The Morgan fingerprint density at radius 1 is 1.29 bits per heavy atom. The third-order valence-corrected chi connectivity index (χ3v) is 3.44. The van der Waals surface area contributed by atoms with Gasteiger partial charge in [-0.15, -0.1) is 0 Å². The molecule has 1 aromatic carbocycles. The van der Waals surface area contributed by atoms with E-state index < -0.39 is 0 Å². The van der Waals surface area contributed by atoms with Crippen LogP contribution in [0, 0.1) is 0 Å². The Kier molecular flexibility index (Phi) is 6.02. The third kappa shape index (κ3) is 4.44. The van der Waals surface area contributed by atoms with Crippen molar-refractivity contribution in [2.24, 2.45) is 0 Å². The summed E-state index contributed by atoms with van der Waals surface area (Å²) in [5.74, 6) is 0.837. The van der Waals surface area contributed by atoms with Crippen molar-refractivity contribution >= 4 is 17.0 Å². The van der Waals surface area contributed by atoms with Gasteiger partial charge in [0.1, 0.15) is 0 Å². The van der Waals surface area contributed by atoms with Crippen molar-refractivity contribution in [3.8, 4) is 0 Å². The fraction of sp³-hybridized carbons (Fsp3) is 0.562. The smallest absolute Gasteiger partial charge is 0.203 e. The monoisotopic (exact) mass is 291 g/mol. The minimum absolute atomic E-state index is 0.389. The molecular weight excluding hydrogens is 266 g/mol. The summed E-state index contributed by atoms with van der Waals surface area (Å²) in [5.41, 5.74) is 2.12. The average Bonchev–Trinajstić information content (AvgIpc) is 2.83. The molecule has 2 aromatic rings. The molecule has 2 rings (SSSR count). The van der Waals surface area contributed by atoms with Crippen LogP contribution in [0.2, 0.25) is 0 Å². The van der Waals surface area contributed by atoms with E-state index in [0.29, 0.717) is 6.54 Å². The minimum Gasteiger partial charge on any atom is -0.392 e. The van der Waals surface area contributed by atoms with Crippen molar-refractivity contribution in [3.05, 3.63) is 24.3 Å². The van der Waals surface area contributed by atoms with E-state index in [-0.39, 0.29) is 6.10 Å². The molecule has 0 radical (unpaired) electrons. The Labute approximate surface area is 125 Å². The highest BCUT2D eigenvalue weighted by atomic mass is 16.5. The number of nitrogens with zero attached hydrogens (tertiary/aromatic N) is 2. The molecule has 1 atom stereocenters. The number of rotatable bonds is 9. The maximum absolute atomic E-state index is 9.44. The molecule has 2 N–H and O–H groups in total. The maximum Gasteiger partial charge on any atom is 0.203 e. The van der Waals surface area contributed by atoms with Crippen LogP contribution in [0.5, 0.6) is 0 Å². The number of hydrogen-bond donors (Lipinski definition) is 2. The normalized spacial score (nSPS) is 12.7. The van der Waals surface area contributed by atoms with E-state index in [4.69, 9.17) is 4.74 Å². The molecule has 1 aromatic heterocycles. The molecule has 0 saturated carbocycles. The molecule has 21 heavy (non-hydrogen) atoms. The van der Waals surface area contributed by atoms with Gasteiger partial charge >= 0.3 is 0 Å². The van der Waals surface area contributed by atoms with Gasteiger partial charge < -0.3 is 19.7 Å². The first-order valence-corrected chi connectivity index (χ1v) is 7.58. The second-order valence-electron chi connectivity index (χ2n) is 5.36. The topological polar surface area (TPSA) is 59.3 Å². The number of anilines is 1. The van der Waals surface area contributed by atoms with E-state index in [0.717, 1.165) is 49.4 Å². The van der Waals surface area contributed by atoms with Crippen LogP contribution in [0.1, 0.15) is 26.2 Å². The number of aliphatic hydroxyl groups is 1. The van der Waals surface area contributed by atoms with Crippen molar-refractivity contribution in [2.75, 3.05) is 25.6 Å². The maximum atomic E-state index is 9.44. The first kappa shape index (κ1) is 15.8. The van der Waals surface area contributed by atoms with E-state index in [1.165, 1.54) is 0 Å².